The minimum absolute atomic E-state index is 0.0739. The largest absolute Gasteiger partial charge is 0.389 e. The molecule has 0 heterocycles. The number of halogens is 3. The predicted molar refractivity (Wildman–Crippen MR) is 37.5 cm³/mol. The maximum atomic E-state index is 11.5. The van der Waals surface area contributed by atoms with E-state index < -0.39 is 12.6 Å². The zero-order valence-corrected chi connectivity index (χ0v) is 6.28. The summed E-state index contributed by atoms with van der Waals surface area (Å²) in [5, 5.41) is 0. The van der Waals surface area contributed by atoms with E-state index in [1.165, 1.54) is 0 Å². The maximum absolute atomic E-state index is 11.5. The van der Waals surface area contributed by atoms with Gasteiger partial charge in [0.2, 0.25) is 0 Å². The van der Waals surface area contributed by atoms with Crippen molar-refractivity contribution >= 4 is 5.84 Å². The standard InChI is InChI=1S/C6H11F3N2/c1-2-11-5(10)3-4-6(7,8)9/h2-4H2,1H3,(H2,10,11). The number of hydrogen-bond donors (Lipinski definition) is 1. The topological polar surface area (TPSA) is 38.4 Å². The van der Waals surface area contributed by atoms with E-state index in [9.17, 15) is 13.2 Å². The Balaban J connectivity index is 3.62. The number of hydrogen-bond acceptors (Lipinski definition) is 1. The zero-order valence-electron chi connectivity index (χ0n) is 6.28. The van der Waals surface area contributed by atoms with Crippen molar-refractivity contribution < 1.29 is 13.2 Å². The third kappa shape index (κ3) is 7.15. The molecular formula is C6H11F3N2. The molecule has 0 radical (unpaired) electrons. The van der Waals surface area contributed by atoms with Crippen LogP contribution < -0.4 is 5.73 Å². The van der Waals surface area contributed by atoms with Gasteiger partial charge in [-0.25, -0.2) is 0 Å². The Morgan fingerprint density at radius 2 is 2.00 bits per heavy atom. The molecule has 0 aliphatic carbocycles. The number of rotatable bonds is 3. The molecule has 0 saturated carbocycles. The van der Waals surface area contributed by atoms with Crippen LogP contribution in [-0.2, 0) is 0 Å². The van der Waals surface area contributed by atoms with Crippen molar-refractivity contribution in [2.24, 2.45) is 10.7 Å². The van der Waals surface area contributed by atoms with E-state index in [0.717, 1.165) is 0 Å². The molecule has 0 amide bonds. The molecule has 0 fully saturated rings. The number of aliphatic imine (C=N–C) groups is 1. The quantitative estimate of drug-likeness (QED) is 0.505. The van der Waals surface area contributed by atoms with Crippen LogP contribution in [0.2, 0.25) is 0 Å². The van der Waals surface area contributed by atoms with Crippen molar-refractivity contribution in [2.75, 3.05) is 6.54 Å². The first kappa shape index (κ1) is 10.3. The third-order valence-corrected chi connectivity index (χ3v) is 1.03. The molecule has 0 aliphatic heterocycles. The van der Waals surface area contributed by atoms with Crippen molar-refractivity contribution in [3.8, 4) is 0 Å². The Morgan fingerprint density at radius 3 is 2.36 bits per heavy atom. The second kappa shape index (κ2) is 4.20. The van der Waals surface area contributed by atoms with Crippen molar-refractivity contribution in [1.29, 1.82) is 0 Å². The minimum atomic E-state index is -4.13. The van der Waals surface area contributed by atoms with Crippen LogP contribution in [0.15, 0.2) is 4.99 Å². The Labute approximate surface area is 63.3 Å². The summed E-state index contributed by atoms with van der Waals surface area (Å²) in [5.74, 6) is 0.0739. The molecule has 0 rings (SSSR count). The highest BCUT2D eigenvalue weighted by atomic mass is 19.4. The van der Waals surface area contributed by atoms with Gasteiger partial charge in [-0.15, -0.1) is 0 Å². The van der Waals surface area contributed by atoms with Crippen molar-refractivity contribution in [3.63, 3.8) is 0 Å². The molecule has 0 aliphatic rings. The second-order valence-electron chi connectivity index (χ2n) is 2.08. The van der Waals surface area contributed by atoms with Crippen LogP contribution in [0.25, 0.3) is 0 Å². The highest BCUT2D eigenvalue weighted by Gasteiger charge is 2.26. The Bertz CT molecular complexity index is 139. The van der Waals surface area contributed by atoms with Gasteiger partial charge in [0.25, 0.3) is 0 Å². The molecule has 0 spiro atoms. The molecular weight excluding hydrogens is 157 g/mol. The molecule has 0 unspecified atom stereocenters. The summed E-state index contributed by atoms with van der Waals surface area (Å²) in [6.45, 7) is 2.16. The SMILES string of the molecule is CCN=C(N)CCC(F)(F)F. The fraction of sp³-hybridized carbons (Fsp3) is 0.833. The van der Waals surface area contributed by atoms with Gasteiger partial charge in [0.15, 0.2) is 0 Å². The van der Waals surface area contributed by atoms with Crippen LogP contribution in [0.3, 0.4) is 0 Å². The third-order valence-electron chi connectivity index (χ3n) is 1.03. The monoisotopic (exact) mass is 168 g/mol. The van der Waals surface area contributed by atoms with E-state index in [1.807, 2.05) is 0 Å². The number of alkyl halides is 3. The van der Waals surface area contributed by atoms with Gasteiger partial charge in [-0.05, 0) is 6.92 Å². The average Bonchev–Trinajstić information content (AvgIpc) is 1.83. The van der Waals surface area contributed by atoms with E-state index in [-0.39, 0.29) is 12.3 Å². The molecule has 0 aromatic carbocycles. The van der Waals surface area contributed by atoms with Gasteiger partial charge >= 0.3 is 6.18 Å². The number of nitrogens with zero attached hydrogens (tertiary/aromatic N) is 1. The molecule has 0 atom stereocenters. The molecule has 66 valence electrons. The van der Waals surface area contributed by atoms with Crippen LogP contribution in [0.5, 0.6) is 0 Å². The molecule has 0 aromatic rings. The van der Waals surface area contributed by atoms with Crippen LogP contribution in [0.4, 0.5) is 13.2 Å². The summed E-state index contributed by atoms with van der Waals surface area (Å²) in [4.78, 5) is 3.62. The highest BCUT2D eigenvalue weighted by Crippen LogP contribution is 2.20. The number of amidine groups is 1. The molecule has 0 aromatic heterocycles. The van der Waals surface area contributed by atoms with E-state index in [4.69, 9.17) is 5.73 Å². The van der Waals surface area contributed by atoms with E-state index in [1.54, 1.807) is 6.92 Å². The Kier molecular flexibility index (Phi) is 3.92. The van der Waals surface area contributed by atoms with Gasteiger partial charge in [-0.1, -0.05) is 0 Å². The summed E-state index contributed by atoms with van der Waals surface area (Å²) < 4.78 is 34.6. The highest BCUT2D eigenvalue weighted by molar-refractivity contribution is 5.80. The first-order valence-electron chi connectivity index (χ1n) is 3.31. The van der Waals surface area contributed by atoms with Crippen LogP contribution in [0.1, 0.15) is 19.8 Å². The minimum Gasteiger partial charge on any atom is -0.387 e. The van der Waals surface area contributed by atoms with Gasteiger partial charge in [-0.2, -0.15) is 13.2 Å². The lowest BCUT2D eigenvalue weighted by molar-refractivity contribution is -0.132. The predicted octanol–water partition coefficient (Wildman–Crippen LogP) is 1.71. The van der Waals surface area contributed by atoms with Crippen LogP contribution >= 0.6 is 0 Å². The lowest BCUT2D eigenvalue weighted by Gasteiger charge is -2.04. The van der Waals surface area contributed by atoms with Crippen molar-refractivity contribution in [3.05, 3.63) is 0 Å². The Hall–Kier alpha value is -0.740. The van der Waals surface area contributed by atoms with Gasteiger partial charge in [0.05, 0.1) is 12.3 Å². The van der Waals surface area contributed by atoms with E-state index in [0.29, 0.717) is 6.54 Å². The Morgan fingerprint density at radius 1 is 1.45 bits per heavy atom. The number of nitrogens with two attached hydrogens (primary N) is 1. The molecule has 0 saturated heterocycles. The van der Waals surface area contributed by atoms with E-state index >= 15 is 0 Å². The average molecular weight is 168 g/mol. The second-order valence-corrected chi connectivity index (χ2v) is 2.08. The molecule has 11 heavy (non-hydrogen) atoms. The van der Waals surface area contributed by atoms with Crippen molar-refractivity contribution in [1.82, 2.24) is 0 Å². The zero-order chi connectivity index (χ0) is 8.91. The summed E-state index contributed by atoms with van der Waals surface area (Å²) >= 11 is 0. The summed E-state index contributed by atoms with van der Waals surface area (Å²) in [5.41, 5.74) is 5.14. The fourth-order valence-corrected chi connectivity index (χ4v) is 0.552. The first-order valence-corrected chi connectivity index (χ1v) is 3.31. The van der Waals surface area contributed by atoms with Gasteiger partial charge < -0.3 is 5.73 Å². The summed E-state index contributed by atoms with van der Waals surface area (Å²) in [6.07, 6.45) is -5.21. The molecule has 2 nitrogen and oxygen atoms in total. The maximum Gasteiger partial charge on any atom is 0.389 e. The fourth-order valence-electron chi connectivity index (χ4n) is 0.552. The van der Waals surface area contributed by atoms with Gasteiger partial charge in [-0.3, -0.25) is 4.99 Å². The van der Waals surface area contributed by atoms with Crippen LogP contribution in [-0.4, -0.2) is 18.6 Å². The smallest absolute Gasteiger partial charge is 0.387 e. The lowest BCUT2D eigenvalue weighted by atomic mass is 10.3. The summed E-state index contributed by atoms with van der Waals surface area (Å²) in [6, 6.07) is 0. The van der Waals surface area contributed by atoms with E-state index in [2.05, 4.69) is 4.99 Å². The van der Waals surface area contributed by atoms with Gasteiger partial charge in [0, 0.05) is 13.0 Å². The molecule has 5 heteroatoms. The van der Waals surface area contributed by atoms with Gasteiger partial charge in [0.1, 0.15) is 0 Å². The van der Waals surface area contributed by atoms with Crippen LogP contribution in [0, 0.1) is 0 Å². The normalized spacial score (nSPS) is 13.6. The molecule has 2 N–H and O–H groups in total. The molecule has 0 bridgehead atoms. The summed E-state index contributed by atoms with van der Waals surface area (Å²) in [7, 11) is 0. The van der Waals surface area contributed by atoms with Crippen molar-refractivity contribution in [2.45, 2.75) is 25.9 Å². The lowest BCUT2D eigenvalue weighted by Crippen LogP contribution is -2.17. The first-order chi connectivity index (χ1) is 4.95.